The number of hydrogen-bond donors (Lipinski definition) is 1. The average molecular weight is 184 g/mol. The summed E-state index contributed by atoms with van der Waals surface area (Å²) in [6.45, 7) is 7.05. The van der Waals surface area contributed by atoms with Crippen molar-refractivity contribution in [3.8, 4) is 0 Å². The molecule has 1 saturated carbocycles. The third kappa shape index (κ3) is 2.27. The van der Waals surface area contributed by atoms with Gasteiger partial charge in [-0.15, -0.1) is 4.91 Å². The molecule has 0 amide bonds. The van der Waals surface area contributed by atoms with E-state index in [1.807, 2.05) is 0 Å². The van der Waals surface area contributed by atoms with Crippen molar-refractivity contribution in [1.82, 2.24) is 5.32 Å². The van der Waals surface area contributed by atoms with E-state index in [0.29, 0.717) is 12.0 Å². The molecule has 1 rings (SSSR count). The van der Waals surface area contributed by atoms with Crippen molar-refractivity contribution < 1.29 is 0 Å². The molecule has 3 heteroatoms. The van der Waals surface area contributed by atoms with E-state index in [1.54, 1.807) is 0 Å². The van der Waals surface area contributed by atoms with Crippen molar-refractivity contribution >= 4 is 0 Å². The molecule has 13 heavy (non-hydrogen) atoms. The van der Waals surface area contributed by atoms with Crippen LogP contribution in [0.25, 0.3) is 0 Å². The van der Waals surface area contributed by atoms with Gasteiger partial charge in [0, 0.05) is 6.04 Å². The second-order valence-electron chi connectivity index (χ2n) is 4.28. The first-order valence-electron chi connectivity index (χ1n) is 5.23. The van der Waals surface area contributed by atoms with E-state index < -0.39 is 0 Å². The van der Waals surface area contributed by atoms with Crippen LogP contribution >= 0.6 is 0 Å². The minimum absolute atomic E-state index is 0.262. The summed E-state index contributed by atoms with van der Waals surface area (Å²) in [6.07, 6.45) is 2.47. The summed E-state index contributed by atoms with van der Waals surface area (Å²) in [5, 5.41) is 6.10. The highest BCUT2D eigenvalue weighted by Gasteiger charge is 2.36. The Balaban J connectivity index is 2.52. The number of nitrogens with zero attached hydrogens (tertiary/aromatic N) is 1. The highest BCUT2D eigenvalue weighted by atomic mass is 16.3. The summed E-state index contributed by atoms with van der Waals surface area (Å²) in [6, 6.07) is 0.498. The van der Waals surface area contributed by atoms with Gasteiger partial charge in [0.05, 0.1) is 0 Å². The summed E-state index contributed by atoms with van der Waals surface area (Å²) in [5.41, 5.74) is 0. The molecule has 0 aromatic heterocycles. The maximum atomic E-state index is 10.0. The number of rotatable bonds is 4. The quantitative estimate of drug-likeness (QED) is 0.681. The molecule has 1 aliphatic rings. The van der Waals surface area contributed by atoms with E-state index in [4.69, 9.17) is 0 Å². The van der Waals surface area contributed by atoms with Crippen molar-refractivity contribution in [2.75, 3.05) is 6.67 Å². The molecule has 4 unspecified atom stereocenters. The lowest BCUT2D eigenvalue weighted by atomic mass is 9.92. The molecule has 1 fully saturated rings. The predicted octanol–water partition coefficient (Wildman–Crippen LogP) is 2.37. The van der Waals surface area contributed by atoms with Crippen LogP contribution in [0.15, 0.2) is 5.18 Å². The maximum absolute atomic E-state index is 10.0. The van der Waals surface area contributed by atoms with Crippen LogP contribution < -0.4 is 5.32 Å². The second-order valence-corrected chi connectivity index (χ2v) is 4.28. The van der Waals surface area contributed by atoms with E-state index in [1.165, 1.54) is 12.8 Å². The Labute approximate surface area is 80.3 Å². The van der Waals surface area contributed by atoms with E-state index in [2.05, 4.69) is 31.3 Å². The molecular weight excluding hydrogens is 164 g/mol. The fourth-order valence-electron chi connectivity index (χ4n) is 2.84. The molecule has 1 aliphatic carbocycles. The monoisotopic (exact) mass is 184 g/mol. The SMILES string of the molecule is CCC1C(C)CC(C)C1NCN=O. The molecule has 0 aliphatic heterocycles. The summed E-state index contributed by atoms with van der Waals surface area (Å²) in [4.78, 5) is 10.0. The Hall–Kier alpha value is -0.440. The second kappa shape index (κ2) is 4.70. The van der Waals surface area contributed by atoms with Gasteiger partial charge in [-0.1, -0.05) is 32.4 Å². The zero-order chi connectivity index (χ0) is 9.84. The molecular formula is C10H20N2O. The van der Waals surface area contributed by atoms with Crippen molar-refractivity contribution in [2.24, 2.45) is 22.9 Å². The van der Waals surface area contributed by atoms with Crippen LogP contribution in [0.1, 0.15) is 33.6 Å². The van der Waals surface area contributed by atoms with Gasteiger partial charge in [-0.25, -0.2) is 0 Å². The lowest BCUT2D eigenvalue weighted by molar-refractivity contribution is 0.316. The van der Waals surface area contributed by atoms with Crippen LogP contribution in [0.2, 0.25) is 0 Å². The van der Waals surface area contributed by atoms with E-state index >= 15 is 0 Å². The van der Waals surface area contributed by atoms with Crippen molar-refractivity contribution in [3.63, 3.8) is 0 Å². The summed E-state index contributed by atoms with van der Waals surface area (Å²) in [7, 11) is 0. The van der Waals surface area contributed by atoms with Crippen molar-refractivity contribution in [2.45, 2.75) is 39.7 Å². The van der Waals surface area contributed by atoms with Crippen molar-refractivity contribution in [1.29, 1.82) is 0 Å². The summed E-state index contributed by atoms with van der Waals surface area (Å²) >= 11 is 0. The average Bonchev–Trinajstić information content (AvgIpc) is 2.37. The lowest BCUT2D eigenvalue weighted by Gasteiger charge is -2.23. The van der Waals surface area contributed by atoms with Gasteiger partial charge < -0.3 is 0 Å². The molecule has 0 heterocycles. The Morgan fingerprint density at radius 3 is 2.62 bits per heavy atom. The van der Waals surface area contributed by atoms with E-state index in [9.17, 15) is 4.91 Å². The Kier molecular flexibility index (Phi) is 3.85. The van der Waals surface area contributed by atoms with Gasteiger partial charge in [0.25, 0.3) is 0 Å². The van der Waals surface area contributed by atoms with Crippen LogP contribution in [-0.4, -0.2) is 12.7 Å². The molecule has 0 bridgehead atoms. The predicted molar refractivity (Wildman–Crippen MR) is 54.3 cm³/mol. The maximum Gasteiger partial charge on any atom is 0.131 e. The molecule has 1 N–H and O–H groups in total. The van der Waals surface area contributed by atoms with Gasteiger partial charge in [-0.2, -0.15) is 0 Å². The number of nitroso groups, excluding NO2 is 1. The van der Waals surface area contributed by atoms with Gasteiger partial charge in [0.1, 0.15) is 6.67 Å². The highest BCUT2D eigenvalue weighted by Crippen LogP contribution is 2.37. The van der Waals surface area contributed by atoms with E-state index in [-0.39, 0.29) is 6.67 Å². The smallest absolute Gasteiger partial charge is 0.131 e. The molecule has 0 spiro atoms. The molecule has 0 radical (unpaired) electrons. The Morgan fingerprint density at radius 1 is 1.38 bits per heavy atom. The molecule has 0 aromatic carbocycles. The van der Waals surface area contributed by atoms with Gasteiger partial charge in [0.15, 0.2) is 0 Å². The molecule has 4 atom stereocenters. The fraction of sp³-hybridized carbons (Fsp3) is 1.00. The van der Waals surface area contributed by atoms with Crippen LogP contribution in [0, 0.1) is 22.7 Å². The normalized spacial score (nSPS) is 39.3. The topological polar surface area (TPSA) is 41.5 Å². The zero-order valence-corrected chi connectivity index (χ0v) is 8.79. The number of nitrogens with one attached hydrogen (secondary N) is 1. The first kappa shape index (κ1) is 10.6. The van der Waals surface area contributed by atoms with Crippen LogP contribution in [0.3, 0.4) is 0 Å². The molecule has 76 valence electrons. The van der Waals surface area contributed by atoms with Crippen LogP contribution in [0.5, 0.6) is 0 Å². The first-order valence-corrected chi connectivity index (χ1v) is 5.23. The largest absolute Gasteiger partial charge is 0.292 e. The standard InChI is InChI=1S/C10H20N2O/c1-4-9-7(2)5-8(3)10(9)11-6-12-13/h7-11H,4-6H2,1-3H3. The first-order chi connectivity index (χ1) is 6.20. The van der Waals surface area contributed by atoms with Gasteiger partial charge in [-0.3, -0.25) is 5.32 Å². The van der Waals surface area contributed by atoms with Gasteiger partial charge in [0.2, 0.25) is 0 Å². The van der Waals surface area contributed by atoms with Gasteiger partial charge in [-0.05, 0) is 24.2 Å². The fourth-order valence-corrected chi connectivity index (χ4v) is 2.84. The minimum atomic E-state index is 0.262. The van der Waals surface area contributed by atoms with Crippen LogP contribution in [0.4, 0.5) is 0 Å². The van der Waals surface area contributed by atoms with Crippen LogP contribution in [-0.2, 0) is 0 Å². The molecule has 0 aromatic rings. The molecule has 3 nitrogen and oxygen atoms in total. The Bertz CT molecular complexity index is 172. The summed E-state index contributed by atoms with van der Waals surface area (Å²) in [5.74, 6) is 2.18. The third-order valence-corrected chi connectivity index (χ3v) is 3.41. The van der Waals surface area contributed by atoms with Crippen molar-refractivity contribution in [3.05, 3.63) is 4.91 Å². The molecule has 0 saturated heterocycles. The number of hydrogen-bond acceptors (Lipinski definition) is 3. The lowest BCUT2D eigenvalue weighted by Crippen LogP contribution is -2.37. The Morgan fingerprint density at radius 2 is 2.08 bits per heavy atom. The van der Waals surface area contributed by atoms with E-state index in [0.717, 1.165) is 11.8 Å². The van der Waals surface area contributed by atoms with Gasteiger partial charge >= 0.3 is 0 Å². The third-order valence-electron chi connectivity index (χ3n) is 3.41. The summed E-state index contributed by atoms with van der Waals surface area (Å²) < 4.78 is 0. The highest BCUT2D eigenvalue weighted by molar-refractivity contribution is 4.91. The minimum Gasteiger partial charge on any atom is -0.292 e. The zero-order valence-electron chi connectivity index (χ0n) is 8.79.